The summed E-state index contributed by atoms with van der Waals surface area (Å²) < 4.78 is 4.78. The number of carbonyl (C=O) groups excluding carboxylic acids is 1. The first-order valence-corrected chi connectivity index (χ1v) is 6.21. The van der Waals surface area contributed by atoms with Crippen LogP contribution >= 0.6 is 0 Å². The molecule has 0 saturated heterocycles. The van der Waals surface area contributed by atoms with Crippen molar-refractivity contribution in [3.8, 4) is 0 Å². The smallest absolute Gasteiger partial charge is 0.349 e. The van der Waals surface area contributed by atoms with E-state index in [0.29, 0.717) is 6.42 Å². The van der Waals surface area contributed by atoms with Crippen LogP contribution in [0, 0.1) is 4.91 Å². The molecule has 0 rings (SSSR count). The number of ether oxygens (including phenoxy) is 1. The molecule has 1 atom stereocenters. The molecule has 0 aromatic carbocycles. The van der Waals surface area contributed by atoms with Gasteiger partial charge in [0.1, 0.15) is 0 Å². The largest absolute Gasteiger partial charge is 0.479 e. The van der Waals surface area contributed by atoms with Crippen molar-refractivity contribution >= 4 is 17.9 Å². The highest BCUT2D eigenvalue weighted by Gasteiger charge is 2.49. The number of rotatable bonds is 10. The number of aliphatic imine (C=N–C) groups is 1. The number of carboxylic acids is 1. The predicted molar refractivity (Wildman–Crippen MR) is 71.9 cm³/mol. The zero-order valence-electron chi connectivity index (χ0n) is 11.4. The fraction of sp³-hybridized carbons (Fsp3) is 0.727. The van der Waals surface area contributed by atoms with E-state index >= 15 is 0 Å². The maximum absolute atomic E-state index is 11.8. The maximum Gasteiger partial charge on any atom is 0.349 e. The van der Waals surface area contributed by atoms with E-state index < -0.39 is 17.5 Å². The quantitative estimate of drug-likeness (QED) is 0.127. The van der Waals surface area contributed by atoms with Gasteiger partial charge in [0.25, 0.3) is 5.54 Å². The van der Waals surface area contributed by atoms with Crippen LogP contribution in [0.2, 0.25) is 0 Å². The highest BCUT2D eigenvalue weighted by molar-refractivity contribution is 6.04. The van der Waals surface area contributed by atoms with Gasteiger partial charge in [0.15, 0.2) is 5.96 Å². The van der Waals surface area contributed by atoms with Crippen molar-refractivity contribution in [3.63, 3.8) is 0 Å². The highest BCUT2D eigenvalue weighted by atomic mass is 16.5. The Bertz CT molecular complexity index is 381. The van der Waals surface area contributed by atoms with Gasteiger partial charge < -0.3 is 21.3 Å². The molecule has 0 amide bonds. The zero-order valence-corrected chi connectivity index (χ0v) is 11.4. The number of nitrogens with two attached hydrogens (primary N) is 2. The molecule has 0 unspecified atom stereocenters. The predicted octanol–water partition coefficient (Wildman–Crippen LogP) is -0.0269. The molecule has 9 nitrogen and oxygen atoms in total. The number of nitrogens with zero attached hydrogens (tertiary/aromatic N) is 2. The summed E-state index contributed by atoms with van der Waals surface area (Å²) in [4.78, 5) is 37.4. The Morgan fingerprint density at radius 1 is 1.30 bits per heavy atom. The molecule has 0 aromatic rings. The van der Waals surface area contributed by atoms with Crippen molar-refractivity contribution in [1.82, 2.24) is 0 Å². The molecule has 0 aliphatic heterocycles. The SMILES string of the molecule is CCCCOC(=O)[C@@](CCCN=C(N)N)(N=O)C(=O)O. The van der Waals surface area contributed by atoms with Crippen molar-refractivity contribution < 1.29 is 19.4 Å². The zero-order chi connectivity index (χ0) is 15.6. The van der Waals surface area contributed by atoms with Crippen LogP contribution in [0.4, 0.5) is 0 Å². The Balaban J connectivity index is 4.73. The molecule has 114 valence electrons. The molecule has 20 heavy (non-hydrogen) atoms. The average molecular weight is 288 g/mol. The van der Waals surface area contributed by atoms with E-state index in [9.17, 15) is 14.5 Å². The van der Waals surface area contributed by atoms with Gasteiger partial charge in [-0.2, -0.15) is 0 Å². The van der Waals surface area contributed by atoms with Gasteiger partial charge in [-0.25, -0.2) is 9.59 Å². The van der Waals surface area contributed by atoms with E-state index in [4.69, 9.17) is 21.3 Å². The van der Waals surface area contributed by atoms with Crippen molar-refractivity contribution in [2.45, 2.75) is 38.1 Å². The van der Waals surface area contributed by atoms with Crippen LogP contribution < -0.4 is 11.5 Å². The van der Waals surface area contributed by atoms with Crippen molar-refractivity contribution in [1.29, 1.82) is 0 Å². The molecule has 0 saturated carbocycles. The lowest BCUT2D eigenvalue weighted by Gasteiger charge is -2.19. The van der Waals surface area contributed by atoms with Crippen molar-refractivity contribution in [3.05, 3.63) is 4.91 Å². The number of esters is 1. The summed E-state index contributed by atoms with van der Waals surface area (Å²) in [7, 11) is 0. The molecule has 0 heterocycles. The lowest BCUT2D eigenvalue weighted by Crippen LogP contribution is -2.46. The fourth-order valence-corrected chi connectivity index (χ4v) is 1.39. The minimum atomic E-state index is -2.44. The van der Waals surface area contributed by atoms with Crippen LogP contribution in [0.15, 0.2) is 10.2 Å². The first kappa shape index (κ1) is 17.8. The lowest BCUT2D eigenvalue weighted by atomic mass is 9.94. The fourth-order valence-electron chi connectivity index (χ4n) is 1.39. The number of carbonyl (C=O) groups is 2. The number of unbranched alkanes of at least 4 members (excludes halogenated alkanes) is 1. The van der Waals surface area contributed by atoms with Crippen LogP contribution in [-0.4, -0.2) is 41.7 Å². The summed E-state index contributed by atoms with van der Waals surface area (Å²) in [5, 5.41) is 11.6. The molecule has 0 spiro atoms. The Morgan fingerprint density at radius 3 is 2.40 bits per heavy atom. The summed E-state index contributed by atoms with van der Waals surface area (Å²) in [5.74, 6) is -2.95. The van der Waals surface area contributed by atoms with Gasteiger partial charge in [-0.15, -0.1) is 4.91 Å². The standard InChI is InChI=1S/C11H20N4O5/c1-2-3-7-20-9(18)11(15-19,8(16)17)5-4-6-14-10(12)13/h2-7H2,1H3,(H,16,17)(H4,12,13,14)/t11-/m0/s1. The van der Waals surface area contributed by atoms with Crippen LogP contribution in [0.5, 0.6) is 0 Å². The van der Waals surface area contributed by atoms with Gasteiger partial charge in [0.2, 0.25) is 0 Å². The molecule has 0 aliphatic carbocycles. The molecule has 5 N–H and O–H groups in total. The van der Waals surface area contributed by atoms with Gasteiger partial charge in [-0.05, 0) is 24.4 Å². The van der Waals surface area contributed by atoms with Gasteiger partial charge in [0, 0.05) is 6.54 Å². The molecule has 0 fully saturated rings. The molecule has 0 radical (unpaired) electrons. The summed E-state index contributed by atoms with van der Waals surface area (Å²) in [6.07, 6.45) is 1.13. The third-order valence-electron chi connectivity index (χ3n) is 2.57. The second kappa shape index (κ2) is 8.83. The topological polar surface area (TPSA) is 157 Å². The minimum absolute atomic E-state index is 0.0494. The van der Waals surface area contributed by atoms with Gasteiger partial charge >= 0.3 is 11.9 Å². The summed E-state index contributed by atoms with van der Waals surface area (Å²) in [6.45, 7) is 2.02. The molecular weight excluding hydrogens is 268 g/mol. The third-order valence-corrected chi connectivity index (χ3v) is 2.57. The number of hydrogen-bond donors (Lipinski definition) is 3. The molecular formula is C11H20N4O5. The van der Waals surface area contributed by atoms with E-state index in [0.717, 1.165) is 6.42 Å². The van der Waals surface area contributed by atoms with Crippen LogP contribution in [0.25, 0.3) is 0 Å². The monoisotopic (exact) mass is 288 g/mol. The summed E-state index contributed by atoms with van der Waals surface area (Å²) >= 11 is 0. The second-order valence-corrected chi connectivity index (χ2v) is 4.16. The Labute approximate surface area is 116 Å². The van der Waals surface area contributed by atoms with Crippen LogP contribution in [0.3, 0.4) is 0 Å². The Hall–Kier alpha value is -2.19. The maximum atomic E-state index is 11.8. The lowest BCUT2D eigenvalue weighted by molar-refractivity contribution is -0.161. The minimum Gasteiger partial charge on any atom is -0.479 e. The van der Waals surface area contributed by atoms with E-state index in [2.05, 4.69) is 10.2 Å². The number of carboxylic acid groups (broad SMARTS) is 1. The Morgan fingerprint density at radius 2 is 1.95 bits per heavy atom. The molecule has 0 aromatic heterocycles. The summed E-state index contributed by atoms with van der Waals surface area (Å²) in [5.41, 5.74) is 7.78. The van der Waals surface area contributed by atoms with Gasteiger partial charge in [-0.3, -0.25) is 4.99 Å². The second-order valence-electron chi connectivity index (χ2n) is 4.16. The van der Waals surface area contributed by atoms with Crippen molar-refractivity contribution in [2.24, 2.45) is 21.6 Å². The molecule has 9 heteroatoms. The summed E-state index contributed by atoms with van der Waals surface area (Å²) in [6, 6.07) is 0. The molecule has 0 aliphatic rings. The number of aliphatic carboxylic acids is 1. The molecule has 0 bridgehead atoms. The number of nitroso groups, excluding NO2 is 1. The number of hydrogen-bond acceptors (Lipinski definition) is 6. The van der Waals surface area contributed by atoms with Crippen molar-refractivity contribution in [2.75, 3.05) is 13.2 Å². The first-order chi connectivity index (χ1) is 9.40. The van der Waals surface area contributed by atoms with Crippen LogP contribution in [-0.2, 0) is 14.3 Å². The van der Waals surface area contributed by atoms with Gasteiger partial charge in [-0.1, -0.05) is 13.3 Å². The van der Waals surface area contributed by atoms with E-state index in [1.165, 1.54) is 0 Å². The van der Waals surface area contributed by atoms with E-state index in [1.54, 1.807) is 0 Å². The normalized spacial score (nSPS) is 13.1. The number of guanidine groups is 1. The van der Waals surface area contributed by atoms with E-state index in [1.807, 2.05) is 6.92 Å². The van der Waals surface area contributed by atoms with E-state index in [-0.39, 0.29) is 32.0 Å². The third kappa shape index (κ3) is 5.21. The first-order valence-electron chi connectivity index (χ1n) is 6.21. The van der Waals surface area contributed by atoms with Crippen LogP contribution in [0.1, 0.15) is 32.6 Å². The van der Waals surface area contributed by atoms with Gasteiger partial charge in [0.05, 0.1) is 6.61 Å². The Kier molecular flexibility index (Phi) is 7.87. The highest BCUT2D eigenvalue weighted by Crippen LogP contribution is 2.21. The average Bonchev–Trinajstić information content (AvgIpc) is 2.38.